The lowest BCUT2D eigenvalue weighted by atomic mass is 9.87. The molecular formula is C21H22N4O3. The van der Waals surface area contributed by atoms with Gasteiger partial charge in [-0.25, -0.2) is 4.79 Å². The lowest BCUT2D eigenvalue weighted by Gasteiger charge is -2.37. The average molecular weight is 378 g/mol. The van der Waals surface area contributed by atoms with Crippen LogP contribution in [0.15, 0.2) is 48.8 Å². The zero-order valence-electron chi connectivity index (χ0n) is 15.7. The third-order valence-electron chi connectivity index (χ3n) is 5.54. The van der Waals surface area contributed by atoms with Gasteiger partial charge in [0.2, 0.25) is 0 Å². The molecule has 2 fully saturated rings. The molecule has 2 saturated heterocycles. The SMILES string of the molecule is Cc1ccc(CN2C(=O)NC3(CCN(C(=O)c4ccncc4)CC3)C2=O)cc1. The maximum Gasteiger partial charge on any atom is 0.325 e. The first kappa shape index (κ1) is 18.2. The molecule has 1 N–H and O–H groups in total. The Morgan fingerprint density at radius 1 is 1.07 bits per heavy atom. The van der Waals surface area contributed by atoms with Crippen molar-refractivity contribution in [3.8, 4) is 0 Å². The second kappa shape index (κ2) is 7.07. The van der Waals surface area contributed by atoms with Gasteiger partial charge in [0.05, 0.1) is 6.54 Å². The molecule has 3 heterocycles. The number of aromatic nitrogens is 1. The largest absolute Gasteiger partial charge is 0.338 e. The van der Waals surface area contributed by atoms with Crippen molar-refractivity contribution in [2.45, 2.75) is 31.8 Å². The van der Waals surface area contributed by atoms with Gasteiger partial charge in [-0.3, -0.25) is 19.5 Å². The Morgan fingerprint density at radius 3 is 2.36 bits per heavy atom. The zero-order valence-corrected chi connectivity index (χ0v) is 15.7. The number of hydrogen-bond donors (Lipinski definition) is 1. The number of urea groups is 1. The molecule has 0 atom stereocenters. The second-order valence-corrected chi connectivity index (χ2v) is 7.42. The summed E-state index contributed by atoms with van der Waals surface area (Å²) in [7, 11) is 0. The summed E-state index contributed by atoms with van der Waals surface area (Å²) in [6, 6.07) is 10.8. The molecule has 4 rings (SSSR count). The fourth-order valence-corrected chi connectivity index (χ4v) is 3.80. The van der Waals surface area contributed by atoms with Crippen LogP contribution >= 0.6 is 0 Å². The number of benzene rings is 1. The molecule has 0 bridgehead atoms. The van der Waals surface area contributed by atoms with E-state index in [2.05, 4.69) is 10.3 Å². The molecule has 7 nitrogen and oxygen atoms in total. The van der Waals surface area contributed by atoms with Crippen molar-refractivity contribution in [2.75, 3.05) is 13.1 Å². The van der Waals surface area contributed by atoms with Crippen LogP contribution in [0, 0.1) is 6.92 Å². The van der Waals surface area contributed by atoms with E-state index in [0.717, 1.165) is 11.1 Å². The molecule has 1 aromatic heterocycles. The first-order chi connectivity index (χ1) is 13.5. The minimum Gasteiger partial charge on any atom is -0.338 e. The molecule has 1 aromatic carbocycles. The van der Waals surface area contributed by atoms with Crippen LogP contribution < -0.4 is 5.32 Å². The monoisotopic (exact) mass is 378 g/mol. The molecule has 0 aliphatic carbocycles. The van der Waals surface area contributed by atoms with Crippen LogP contribution in [0.5, 0.6) is 0 Å². The Morgan fingerprint density at radius 2 is 1.71 bits per heavy atom. The number of imide groups is 1. The standard InChI is InChI=1S/C21H22N4O3/c1-15-2-4-16(5-3-15)14-25-19(27)21(23-20(25)28)8-12-24(13-9-21)18(26)17-6-10-22-11-7-17/h2-7,10-11H,8-9,12-14H2,1H3,(H,23,28). The number of amides is 4. The normalized spacial score (nSPS) is 18.5. The maximum absolute atomic E-state index is 13.0. The van der Waals surface area contributed by atoms with Crippen LogP contribution in [0.25, 0.3) is 0 Å². The van der Waals surface area contributed by atoms with Gasteiger partial charge in [0.15, 0.2) is 0 Å². The molecule has 144 valence electrons. The summed E-state index contributed by atoms with van der Waals surface area (Å²) in [6.07, 6.45) is 4.00. The highest BCUT2D eigenvalue weighted by molar-refractivity contribution is 6.07. The first-order valence-electron chi connectivity index (χ1n) is 9.37. The zero-order chi connectivity index (χ0) is 19.7. The lowest BCUT2D eigenvalue weighted by Crippen LogP contribution is -2.55. The predicted molar refractivity (Wildman–Crippen MR) is 102 cm³/mol. The van der Waals surface area contributed by atoms with Gasteiger partial charge in [-0.15, -0.1) is 0 Å². The van der Waals surface area contributed by atoms with Crippen molar-refractivity contribution in [3.05, 3.63) is 65.5 Å². The second-order valence-electron chi connectivity index (χ2n) is 7.42. The Labute approximate surface area is 163 Å². The molecule has 2 aliphatic heterocycles. The number of carbonyl (C=O) groups is 3. The number of nitrogens with zero attached hydrogens (tertiary/aromatic N) is 3. The van der Waals surface area contributed by atoms with Crippen molar-refractivity contribution < 1.29 is 14.4 Å². The number of hydrogen-bond acceptors (Lipinski definition) is 4. The number of carbonyl (C=O) groups excluding carboxylic acids is 3. The van der Waals surface area contributed by atoms with Gasteiger partial charge >= 0.3 is 6.03 Å². The van der Waals surface area contributed by atoms with Crippen LogP contribution in [0.3, 0.4) is 0 Å². The topological polar surface area (TPSA) is 82.6 Å². The number of aryl methyl sites for hydroxylation is 1. The summed E-state index contributed by atoms with van der Waals surface area (Å²) in [5, 5.41) is 2.89. The minimum absolute atomic E-state index is 0.0782. The van der Waals surface area contributed by atoms with Crippen molar-refractivity contribution in [2.24, 2.45) is 0 Å². The number of pyridine rings is 1. The Kier molecular flexibility index (Phi) is 4.58. The first-order valence-corrected chi connectivity index (χ1v) is 9.37. The Hall–Kier alpha value is -3.22. The van der Waals surface area contributed by atoms with Gasteiger partial charge in [-0.1, -0.05) is 29.8 Å². The van der Waals surface area contributed by atoms with E-state index in [9.17, 15) is 14.4 Å². The highest BCUT2D eigenvalue weighted by atomic mass is 16.2. The van der Waals surface area contributed by atoms with E-state index in [-0.39, 0.29) is 24.4 Å². The molecule has 4 amide bonds. The number of likely N-dealkylation sites (tertiary alicyclic amines) is 1. The van der Waals surface area contributed by atoms with Crippen LogP contribution in [0.1, 0.15) is 34.3 Å². The molecule has 28 heavy (non-hydrogen) atoms. The smallest absolute Gasteiger partial charge is 0.325 e. The number of rotatable bonds is 3. The van der Waals surface area contributed by atoms with Gasteiger partial charge in [-0.2, -0.15) is 0 Å². The third kappa shape index (κ3) is 3.24. The number of piperidine rings is 1. The molecule has 0 saturated carbocycles. The predicted octanol–water partition coefficient (Wildman–Crippen LogP) is 2.12. The fraction of sp³-hybridized carbons (Fsp3) is 0.333. The minimum atomic E-state index is -0.906. The summed E-state index contributed by atoms with van der Waals surface area (Å²) in [4.78, 5) is 45.0. The quantitative estimate of drug-likeness (QED) is 0.830. The summed E-state index contributed by atoms with van der Waals surface area (Å²) in [5.41, 5.74) is 1.71. The van der Waals surface area contributed by atoms with Crippen molar-refractivity contribution in [3.63, 3.8) is 0 Å². The molecule has 1 spiro atoms. The van der Waals surface area contributed by atoms with E-state index in [1.165, 1.54) is 4.90 Å². The Bertz CT molecular complexity index is 903. The lowest BCUT2D eigenvalue weighted by molar-refractivity contribution is -0.133. The van der Waals surface area contributed by atoms with Gasteiger partial charge in [0.25, 0.3) is 11.8 Å². The van der Waals surface area contributed by atoms with Gasteiger partial charge < -0.3 is 10.2 Å². The third-order valence-corrected chi connectivity index (χ3v) is 5.54. The van der Waals surface area contributed by atoms with Crippen LogP contribution in [0.2, 0.25) is 0 Å². The summed E-state index contributed by atoms with van der Waals surface area (Å²) in [5.74, 6) is -0.278. The summed E-state index contributed by atoms with van der Waals surface area (Å²) < 4.78 is 0. The van der Waals surface area contributed by atoms with Gasteiger partial charge in [0, 0.05) is 31.0 Å². The highest BCUT2D eigenvalue weighted by Crippen LogP contribution is 2.31. The average Bonchev–Trinajstić information content (AvgIpc) is 2.94. The fourth-order valence-electron chi connectivity index (χ4n) is 3.80. The molecule has 7 heteroatoms. The molecule has 0 unspecified atom stereocenters. The van der Waals surface area contributed by atoms with Gasteiger partial charge in [-0.05, 0) is 37.5 Å². The van der Waals surface area contributed by atoms with E-state index in [1.54, 1.807) is 29.4 Å². The number of nitrogens with one attached hydrogen (secondary N) is 1. The highest BCUT2D eigenvalue weighted by Gasteiger charge is 2.52. The molecular weight excluding hydrogens is 356 g/mol. The van der Waals surface area contributed by atoms with Crippen LogP contribution in [-0.4, -0.2) is 51.3 Å². The van der Waals surface area contributed by atoms with Crippen LogP contribution in [0.4, 0.5) is 4.79 Å². The van der Waals surface area contributed by atoms with Gasteiger partial charge in [0.1, 0.15) is 5.54 Å². The molecule has 2 aromatic rings. The summed E-state index contributed by atoms with van der Waals surface area (Å²) >= 11 is 0. The van der Waals surface area contributed by atoms with E-state index < -0.39 is 5.54 Å². The van der Waals surface area contributed by atoms with Crippen LogP contribution in [-0.2, 0) is 11.3 Å². The van der Waals surface area contributed by atoms with Crippen molar-refractivity contribution in [1.82, 2.24) is 20.1 Å². The summed E-state index contributed by atoms with van der Waals surface area (Å²) in [6.45, 7) is 3.09. The molecule has 2 aliphatic rings. The van der Waals surface area contributed by atoms with Crippen molar-refractivity contribution >= 4 is 17.8 Å². The van der Waals surface area contributed by atoms with E-state index in [4.69, 9.17) is 0 Å². The Balaban J connectivity index is 1.44. The van der Waals surface area contributed by atoms with E-state index in [1.807, 2.05) is 31.2 Å². The van der Waals surface area contributed by atoms with E-state index in [0.29, 0.717) is 31.5 Å². The van der Waals surface area contributed by atoms with Crippen molar-refractivity contribution in [1.29, 1.82) is 0 Å². The maximum atomic E-state index is 13.0. The van der Waals surface area contributed by atoms with E-state index >= 15 is 0 Å². The molecule has 0 radical (unpaired) electrons.